The molecule has 0 saturated carbocycles. The second-order valence-electron chi connectivity index (χ2n) is 7.20. The highest BCUT2D eigenvalue weighted by Crippen LogP contribution is 2.15. The summed E-state index contributed by atoms with van der Waals surface area (Å²) in [6.45, 7) is 3.30. The molecule has 1 aliphatic heterocycles. The van der Waals surface area contributed by atoms with E-state index in [1.807, 2.05) is 29.2 Å². The molecule has 2 aromatic rings. The molecule has 0 radical (unpaired) electrons. The Labute approximate surface area is 171 Å². The SMILES string of the molecule is CN1CCN(C(=O)c2ccc(NC(=O)CCCc3cccc(Cl)c3)cc2)CC1. The Morgan fingerprint density at radius 1 is 1.04 bits per heavy atom. The largest absolute Gasteiger partial charge is 0.336 e. The second kappa shape index (κ2) is 9.71. The number of hydrogen-bond donors (Lipinski definition) is 1. The minimum Gasteiger partial charge on any atom is -0.336 e. The zero-order chi connectivity index (χ0) is 19.9. The number of nitrogens with zero attached hydrogens (tertiary/aromatic N) is 2. The van der Waals surface area contributed by atoms with Crippen LogP contribution >= 0.6 is 11.6 Å². The topological polar surface area (TPSA) is 52.6 Å². The van der Waals surface area contributed by atoms with Crippen LogP contribution in [0.1, 0.15) is 28.8 Å². The van der Waals surface area contributed by atoms with E-state index in [4.69, 9.17) is 11.6 Å². The van der Waals surface area contributed by atoms with Gasteiger partial charge in [-0.25, -0.2) is 0 Å². The maximum absolute atomic E-state index is 12.6. The van der Waals surface area contributed by atoms with Gasteiger partial charge in [-0.15, -0.1) is 0 Å². The molecule has 1 aliphatic rings. The quantitative estimate of drug-likeness (QED) is 0.806. The number of piperazine rings is 1. The lowest BCUT2D eigenvalue weighted by atomic mass is 10.1. The van der Waals surface area contributed by atoms with Crippen LogP contribution in [0.2, 0.25) is 5.02 Å². The highest BCUT2D eigenvalue weighted by Gasteiger charge is 2.20. The van der Waals surface area contributed by atoms with Crippen molar-refractivity contribution in [2.75, 3.05) is 38.5 Å². The number of rotatable bonds is 6. The van der Waals surface area contributed by atoms with Crippen molar-refractivity contribution in [3.63, 3.8) is 0 Å². The van der Waals surface area contributed by atoms with Crippen LogP contribution in [0.3, 0.4) is 0 Å². The Bertz CT molecular complexity index is 815. The summed E-state index contributed by atoms with van der Waals surface area (Å²) >= 11 is 5.98. The van der Waals surface area contributed by atoms with E-state index in [0.717, 1.165) is 44.6 Å². The molecule has 148 valence electrons. The fourth-order valence-corrected chi connectivity index (χ4v) is 3.47. The first kappa shape index (κ1) is 20.4. The maximum atomic E-state index is 12.6. The number of carbonyl (C=O) groups excluding carboxylic acids is 2. The molecule has 2 amide bonds. The number of likely N-dealkylation sites (N-methyl/N-ethyl adjacent to an activating group) is 1. The number of hydrogen-bond acceptors (Lipinski definition) is 3. The van der Waals surface area contributed by atoms with Crippen LogP contribution in [0.25, 0.3) is 0 Å². The minimum absolute atomic E-state index is 0.0276. The van der Waals surface area contributed by atoms with Crippen molar-refractivity contribution >= 4 is 29.1 Å². The van der Waals surface area contributed by atoms with Gasteiger partial charge in [0.05, 0.1) is 0 Å². The van der Waals surface area contributed by atoms with Gasteiger partial charge in [-0.05, 0) is 61.9 Å². The van der Waals surface area contributed by atoms with Gasteiger partial charge < -0.3 is 15.1 Å². The van der Waals surface area contributed by atoms with E-state index in [9.17, 15) is 9.59 Å². The number of carbonyl (C=O) groups is 2. The van der Waals surface area contributed by atoms with Crippen LogP contribution in [-0.4, -0.2) is 54.8 Å². The molecule has 0 spiro atoms. The lowest BCUT2D eigenvalue weighted by Crippen LogP contribution is -2.47. The van der Waals surface area contributed by atoms with Gasteiger partial charge in [-0.3, -0.25) is 9.59 Å². The summed E-state index contributed by atoms with van der Waals surface area (Å²) in [5.41, 5.74) is 2.50. The Balaban J connectivity index is 1.45. The monoisotopic (exact) mass is 399 g/mol. The molecular formula is C22H26ClN3O2. The van der Waals surface area contributed by atoms with Crippen molar-refractivity contribution < 1.29 is 9.59 Å². The second-order valence-corrected chi connectivity index (χ2v) is 7.64. The van der Waals surface area contributed by atoms with Gasteiger partial charge >= 0.3 is 0 Å². The van der Waals surface area contributed by atoms with Crippen molar-refractivity contribution in [3.05, 3.63) is 64.7 Å². The molecule has 6 heteroatoms. The summed E-state index contributed by atoms with van der Waals surface area (Å²) in [6.07, 6.45) is 2.01. The van der Waals surface area contributed by atoms with Crippen LogP contribution in [0.15, 0.2) is 48.5 Å². The van der Waals surface area contributed by atoms with E-state index < -0.39 is 0 Å². The predicted molar refractivity (Wildman–Crippen MR) is 113 cm³/mol. The van der Waals surface area contributed by atoms with Crippen molar-refractivity contribution in [1.29, 1.82) is 0 Å². The Hall–Kier alpha value is -2.37. The van der Waals surface area contributed by atoms with E-state index in [2.05, 4.69) is 17.3 Å². The van der Waals surface area contributed by atoms with Gasteiger partial charge in [0.25, 0.3) is 5.91 Å². The summed E-state index contributed by atoms with van der Waals surface area (Å²) < 4.78 is 0. The predicted octanol–water partition coefficient (Wildman–Crippen LogP) is 3.69. The molecule has 3 rings (SSSR count). The van der Waals surface area contributed by atoms with E-state index in [0.29, 0.717) is 22.7 Å². The lowest BCUT2D eigenvalue weighted by Gasteiger charge is -2.32. The first-order chi connectivity index (χ1) is 13.5. The highest BCUT2D eigenvalue weighted by atomic mass is 35.5. The van der Waals surface area contributed by atoms with E-state index in [1.54, 1.807) is 24.3 Å². The molecule has 1 saturated heterocycles. The highest BCUT2D eigenvalue weighted by molar-refractivity contribution is 6.30. The van der Waals surface area contributed by atoms with Gasteiger partial charge in [0.1, 0.15) is 0 Å². The number of anilines is 1. The molecule has 0 atom stereocenters. The zero-order valence-electron chi connectivity index (χ0n) is 16.2. The summed E-state index contributed by atoms with van der Waals surface area (Å²) in [4.78, 5) is 28.8. The molecule has 0 bridgehead atoms. The van der Waals surface area contributed by atoms with Gasteiger partial charge in [-0.1, -0.05) is 23.7 Å². The fourth-order valence-electron chi connectivity index (χ4n) is 3.26. The smallest absolute Gasteiger partial charge is 0.253 e. The van der Waals surface area contributed by atoms with Crippen molar-refractivity contribution in [3.8, 4) is 0 Å². The third-order valence-electron chi connectivity index (χ3n) is 4.96. The lowest BCUT2D eigenvalue weighted by molar-refractivity contribution is -0.116. The number of benzene rings is 2. The van der Waals surface area contributed by atoms with Gasteiger partial charge in [0.2, 0.25) is 5.91 Å². The zero-order valence-corrected chi connectivity index (χ0v) is 16.9. The van der Waals surface area contributed by atoms with E-state index in [-0.39, 0.29) is 11.8 Å². The standard InChI is InChI=1S/C22H26ClN3O2/c1-25-12-14-26(15-13-25)22(28)18-8-10-20(11-9-18)24-21(27)7-3-5-17-4-2-6-19(23)16-17/h2,4,6,8-11,16H,3,5,7,12-15H2,1H3,(H,24,27). The molecular weight excluding hydrogens is 374 g/mol. The van der Waals surface area contributed by atoms with Crippen molar-refractivity contribution in [1.82, 2.24) is 9.80 Å². The van der Waals surface area contributed by atoms with Crippen LogP contribution in [0, 0.1) is 0 Å². The Kier molecular flexibility index (Phi) is 7.06. The number of nitrogens with one attached hydrogen (secondary N) is 1. The summed E-state index contributed by atoms with van der Waals surface area (Å²) in [5.74, 6) is 0.0210. The van der Waals surface area contributed by atoms with E-state index in [1.165, 1.54) is 0 Å². The van der Waals surface area contributed by atoms with Crippen molar-refractivity contribution in [2.24, 2.45) is 0 Å². The molecule has 28 heavy (non-hydrogen) atoms. The van der Waals surface area contributed by atoms with E-state index >= 15 is 0 Å². The fraction of sp³-hybridized carbons (Fsp3) is 0.364. The summed E-state index contributed by atoms with van der Waals surface area (Å²) in [7, 11) is 2.06. The first-order valence-corrected chi connectivity index (χ1v) is 10.0. The summed E-state index contributed by atoms with van der Waals surface area (Å²) in [5, 5.41) is 3.61. The molecule has 1 N–H and O–H groups in total. The third-order valence-corrected chi connectivity index (χ3v) is 5.20. The number of aryl methyl sites for hydroxylation is 1. The average Bonchev–Trinajstić information content (AvgIpc) is 2.69. The molecule has 2 aromatic carbocycles. The van der Waals surface area contributed by atoms with Gasteiger partial charge in [0.15, 0.2) is 0 Å². The Morgan fingerprint density at radius 2 is 1.75 bits per heavy atom. The first-order valence-electron chi connectivity index (χ1n) is 9.63. The van der Waals surface area contributed by atoms with Crippen LogP contribution in [0.4, 0.5) is 5.69 Å². The van der Waals surface area contributed by atoms with Crippen LogP contribution in [-0.2, 0) is 11.2 Å². The molecule has 0 aromatic heterocycles. The number of halogens is 1. The maximum Gasteiger partial charge on any atom is 0.253 e. The minimum atomic E-state index is -0.0276. The number of amides is 2. The molecule has 1 fully saturated rings. The third kappa shape index (κ3) is 5.81. The Morgan fingerprint density at radius 3 is 2.43 bits per heavy atom. The average molecular weight is 400 g/mol. The molecule has 5 nitrogen and oxygen atoms in total. The molecule has 0 unspecified atom stereocenters. The van der Waals surface area contributed by atoms with Crippen molar-refractivity contribution in [2.45, 2.75) is 19.3 Å². The summed E-state index contributed by atoms with van der Waals surface area (Å²) in [6, 6.07) is 14.8. The van der Waals surface area contributed by atoms with Gasteiger partial charge in [-0.2, -0.15) is 0 Å². The van der Waals surface area contributed by atoms with Crippen LogP contribution in [0.5, 0.6) is 0 Å². The molecule has 1 heterocycles. The molecule has 0 aliphatic carbocycles. The normalized spacial score (nSPS) is 14.7. The van der Waals surface area contributed by atoms with Gasteiger partial charge in [0, 0.05) is 48.9 Å². The van der Waals surface area contributed by atoms with Crippen LogP contribution < -0.4 is 5.32 Å².